The van der Waals surface area contributed by atoms with E-state index in [9.17, 15) is 14.0 Å². The lowest BCUT2D eigenvalue weighted by Crippen LogP contribution is -2.17. The maximum atomic E-state index is 13.0. The molecule has 0 unspecified atom stereocenters. The fourth-order valence-corrected chi connectivity index (χ4v) is 2.37. The first-order valence-electron chi connectivity index (χ1n) is 8.50. The van der Waals surface area contributed by atoms with Crippen molar-refractivity contribution in [2.45, 2.75) is 6.92 Å². The molecular weight excluding hydrogens is 363 g/mol. The second-order valence-corrected chi connectivity index (χ2v) is 5.62. The van der Waals surface area contributed by atoms with Gasteiger partial charge in [0.2, 0.25) is 5.95 Å². The van der Waals surface area contributed by atoms with Crippen molar-refractivity contribution in [3.63, 3.8) is 0 Å². The Bertz CT molecular complexity index is 993. The minimum atomic E-state index is -0.528. The number of hydrogen-bond acceptors (Lipinski definition) is 6. The highest BCUT2D eigenvalue weighted by Gasteiger charge is 2.16. The van der Waals surface area contributed by atoms with Crippen molar-refractivity contribution in [2.24, 2.45) is 0 Å². The van der Waals surface area contributed by atoms with Crippen LogP contribution in [0.1, 0.15) is 27.8 Å². The van der Waals surface area contributed by atoms with Crippen LogP contribution in [0.15, 0.2) is 60.8 Å². The number of amides is 1. The Kier molecular flexibility index (Phi) is 5.91. The lowest BCUT2D eigenvalue weighted by molar-refractivity contribution is 0.0527. The smallest absolute Gasteiger partial charge is 0.340 e. The average Bonchev–Trinajstić information content (AvgIpc) is 2.70. The molecule has 2 N–H and O–H groups in total. The molecule has 0 spiro atoms. The van der Waals surface area contributed by atoms with Gasteiger partial charge in [-0.05, 0) is 49.4 Å². The number of carbonyl (C=O) groups is 2. The fourth-order valence-electron chi connectivity index (χ4n) is 2.37. The van der Waals surface area contributed by atoms with E-state index in [1.165, 1.54) is 36.5 Å². The number of ether oxygens (including phenoxy) is 1. The highest BCUT2D eigenvalue weighted by Crippen LogP contribution is 2.18. The molecule has 3 rings (SSSR count). The number of anilines is 3. The Morgan fingerprint density at radius 3 is 2.57 bits per heavy atom. The molecule has 0 saturated heterocycles. The van der Waals surface area contributed by atoms with Crippen molar-refractivity contribution in [2.75, 3.05) is 17.2 Å². The van der Waals surface area contributed by atoms with E-state index < -0.39 is 11.9 Å². The second kappa shape index (κ2) is 8.72. The first kappa shape index (κ1) is 19.0. The molecule has 0 fully saturated rings. The predicted octanol–water partition coefficient (Wildman–Crippen LogP) is 3.79. The number of nitrogens with zero attached hydrogens (tertiary/aromatic N) is 2. The maximum Gasteiger partial charge on any atom is 0.340 e. The molecule has 0 aliphatic rings. The number of esters is 1. The minimum Gasteiger partial charge on any atom is -0.462 e. The third kappa shape index (κ3) is 4.67. The molecule has 142 valence electrons. The van der Waals surface area contributed by atoms with Crippen LogP contribution in [0.25, 0.3) is 0 Å². The Morgan fingerprint density at radius 2 is 1.82 bits per heavy atom. The van der Waals surface area contributed by atoms with Gasteiger partial charge in [0.05, 0.1) is 17.9 Å². The summed E-state index contributed by atoms with van der Waals surface area (Å²) in [5.74, 6) is -1.22. The van der Waals surface area contributed by atoms with Crippen LogP contribution in [0, 0.1) is 5.82 Å². The topological polar surface area (TPSA) is 93.2 Å². The lowest BCUT2D eigenvalue weighted by atomic mass is 10.1. The van der Waals surface area contributed by atoms with Crippen LogP contribution in [-0.4, -0.2) is 28.5 Å². The van der Waals surface area contributed by atoms with Gasteiger partial charge in [-0.2, -0.15) is 0 Å². The Balaban J connectivity index is 1.77. The largest absolute Gasteiger partial charge is 0.462 e. The maximum absolute atomic E-state index is 13.0. The molecule has 7 nitrogen and oxygen atoms in total. The summed E-state index contributed by atoms with van der Waals surface area (Å²) in [6.07, 6.45) is 1.42. The zero-order chi connectivity index (χ0) is 19.9. The van der Waals surface area contributed by atoms with Crippen molar-refractivity contribution >= 4 is 29.2 Å². The van der Waals surface area contributed by atoms with Crippen molar-refractivity contribution in [1.82, 2.24) is 9.97 Å². The number of carbonyl (C=O) groups excluding carboxylic acids is 2. The zero-order valence-electron chi connectivity index (χ0n) is 15.0. The van der Waals surface area contributed by atoms with Gasteiger partial charge in [0.1, 0.15) is 11.5 Å². The fraction of sp³-hybridized carbons (Fsp3) is 0.100. The van der Waals surface area contributed by atoms with Gasteiger partial charge in [0.15, 0.2) is 0 Å². The van der Waals surface area contributed by atoms with Crippen LogP contribution >= 0.6 is 0 Å². The summed E-state index contributed by atoms with van der Waals surface area (Å²) in [7, 11) is 0. The summed E-state index contributed by atoms with van der Waals surface area (Å²) < 4.78 is 18.0. The molecule has 8 heteroatoms. The second-order valence-electron chi connectivity index (χ2n) is 5.62. The summed E-state index contributed by atoms with van der Waals surface area (Å²) in [6.45, 7) is 1.93. The SMILES string of the molecule is CCOC(=O)c1ccccc1NC(=O)c1ccnc(Nc2ccc(F)cc2)n1. The summed E-state index contributed by atoms with van der Waals surface area (Å²) >= 11 is 0. The van der Waals surface area contributed by atoms with E-state index in [1.54, 1.807) is 31.2 Å². The van der Waals surface area contributed by atoms with Gasteiger partial charge in [-0.15, -0.1) is 0 Å². The molecule has 0 aliphatic carbocycles. The van der Waals surface area contributed by atoms with Crippen LogP contribution < -0.4 is 10.6 Å². The zero-order valence-corrected chi connectivity index (χ0v) is 15.0. The molecule has 0 bridgehead atoms. The molecule has 0 atom stereocenters. The van der Waals surface area contributed by atoms with Crippen LogP contribution in [0.2, 0.25) is 0 Å². The first-order valence-corrected chi connectivity index (χ1v) is 8.50. The number of hydrogen-bond donors (Lipinski definition) is 2. The van der Waals surface area contributed by atoms with E-state index in [0.29, 0.717) is 11.4 Å². The van der Waals surface area contributed by atoms with Gasteiger partial charge >= 0.3 is 5.97 Å². The van der Waals surface area contributed by atoms with E-state index in [2.05, 4.69) is 20.6 Å². The Hall–Kier alpha value is -3.81. The number of benzene rings is 2. The highest BCUT2D eigenvalue weighted by molar-refractivity contribution is 6.07. The van der Waals surface area contributed by atoms with Crippen molar-refractivity contribution in [3.05, 3.63) is 77.9 Å². The molecule has 1 heterocycles. The standard InChI is InChI=1S/C20H17FN4O3/c1-2-28-19(27)15-5-3-4-6-16(15)24-18(26)17-11-12-22-20(25-17)23-14-9-7-13(21)8-10-14/h3-12H,2H2,1H3,(H,24,26)(H,22,23,25). The first-order chi connectivity index (χ1) is 13.6. The summed E-state index contributed by atoms with van der Waals surface area (Å²) in [5, 5.41) is 5.55. The number of aromatic nitrogens is 2. The Morgan fingerprint density at radius 1 is 1.07 bits per heavy atom. The summed E-state index contributed by atoms with van der Waals surface area (Å²) in [4.78, 5) is 32.8. The average molecular weight is 380 g/mol. The van der Waals surface area contributed by atoms with E-state index in [1.807, 2.05) is 0 Å². The third-order valence-corrected chi connectivity index (χ3v) is 3.66. The molecule has 3 aromatic rings. The molecule has 0 aliphatic heterocycles. The molecule has 1 amide bonds. The van der Waals surface area contributed by atoms with Crippen LogP contribution in [0.4, 0.5) is 21.7 Å². The molecule has 0 saturated carbocycles. The molecule has 0 radical (unpaired) electrons. The lowest BCUT2D eigenvalue weighted by Gasteiger charge is -2.10. The molecule has 28 heavy (non-hydrogen) atoms. The molecule has 1 aromatic heterocycles. The number of para-hydroxylation sites is 1. The summed E-state index contributed by atoms with van der Waals surface area (Å²) in [5.41, 5.74) is 1.24. The van der Waals surface area contributed by atoms with Crippen molar-refractivity contribution in [3.8, 4) is 0 Å². The van der Waals surface area contributed by atoms with Gasteiger partial charge in [-0.3, -0.25) is 4.79 Å². The Labute approximate surface area is 160 Å². The normalized spacial score (nSPS) is 10.2. The van der Waals surface area contributed by atoms with E-state index in [0.717, 1.165) is 0 Å². The van der Waals surface area contributed by atoms with Crippen LogP contribution in [0.3, 0.4) is 0 Å². The number of nitrogens with one attached hydrogen (secondary N) is 2. The minimum absolute atomic E-state index is 0.0956. The van der Waals surface area contributed by atoms with Gasteiger partial charge in [0, 0.05) is 11.9 Å². The summed E-state index contributed by atoms with van der Waals surface area (Å²) in [6, 6.07) is 13.6. The predicted molar refractivity (Wildman–Crippen MR) is 102 cm³/mol. The highest BCUT2D eigenvalue weighted by atomic mass is 19.1. The van der Waals surface area contributed by atoms with Gasteiger partial charge in [0.25, 0.3) is 5.91 Å². The van der Waals surface area contributed by atoms with E-state index in [-0.39, 0.29) is 29.6 Å². The number of rotatable bonds is 6. The van der Waals surface area contributed by atoms with Crippen LogP contribution in [0.5, 0.6) is 0 Å². The van der Waals surface area contributed by atoms with Crippen molar-refractivity contribution in [1.29, 1.82) is 0 Å². The van der Waals surface area contributed by atoms with Gasteiger partial charge in [-0.1, -0.05) is 12.1 Å². The monoisotopic (exact) mass is 380 g/mol. The quantitative estimate of drug-likeness (QED) is 0.632. The van der Waals surface area contributed by atoms with Gasteiger partial charge < -0.3 is 15.4 Å². The molecule has 2 aromatic carbocycles. The number of halogens is 1. The van der Waals surface area contributed by atoms with Crippen molar-refractivity contribution < 1.29 is 18.7 Å². The van der Waals surface area contributed by atoms with E-state index >= 15 is 0 Å². The van der Waals surface area contributed by atoms with Crippen LogP contribution in [-0.2, 0) is 4.74 Å². The van der Waals surface area contributed by atoms with E-state index in [4.69, 9.17) is 4.74 Å². The van der Waals surface area contributed by atoms with Gasteiger partial charge in [-0.25, -0.2) is 19.2 Å². The molecular formula is C20H17FN4O3. The third-order valence-electron chi connectivity index (χ3n) is 3.66.